The van der Waals surface area contributed by atoms with Crippen LogP contribution in [0.5, 0.6) is 11.5 Å². The van der Waals surface area contributed by atoms with Crippen LogP contribution in [0.4, 0.5) is 0 Å². The van der Waals surface area contributed by atoms with Crippen LogP contribution in [0.15, 0.2) is 42.5 Å². The van der Waals surface area contributed by atoms with Gasteiger partial charge in [-0.05, 0) is 51.1 Å². The number of rotatable bonds is 8. The predicted octanol–water partition coefficient (Wildman–Crippen LogP) is 3.23. The van der Waals surface area contributed by atoms with E-state index in [1.807, 2.05) is 13.8 Å². The zero-order valence-electron chi connectivity index (χ0n) is 16.7. The fourth-order valence-electron chi connectivity index (χ4n) is 3.27. The molecule has 2 N–H and O–H groups in total. The first-order chi connectivity index (χ1) is 13.6. The fourth-order valence-corrected chi connectivity index (χ4v) is 3.27. The normalized spacial score (nSPS) is 15.3. The van der Waals surface area contributed by atoms with Crippen molar-refractivity contribution in [3.63, 3.8) is 0 Å². The molecule has 2 aromatic rings. The van der Waals surface area contributed by atoms with Crippen LogP contribution in [0.1, 0.15) is 46.5 Å². The van der Waals surface area contributed by atoms with E-state index < -0.39 is 0 Å². The Morgan fingerprint density at radius 1 is 1.03 bits per heavy atom. The summed E-state index contributed by atoms with van der Waals surface area (Å²) in [7, 11) is 0. The van der Waals surface area contributed by atoms with Crippen molar-refractivity contribution >= 4 is 24.1 Å². The third-order valence-electron chi connectivity index (χ3n) is 4.62. The summed E-state index contributed by atoms with van der Waals surface area (Å²) in [6.07, 6.45) is 0.887. The Morgan fingerprint density at radius 2 is 1.72 bits per heavy atom. The molecule has 1 amide bonds. The highest BCUT2D eigenvalue weighted by atomic mass is 35.5. The van der Waals surface area contributed by atoms with Crippen molar-refractivity contribution in [1.82, 2.24) is 10.6 Å². The van der Waals surface area contributed by atoms with E-state index in [0.29, 0.717) is 41.4 Å². The van der Waals surface area contributed by atoms with Crippen LogP contribution in [-0.4, -0.2) is 44.0 Å². The molecule has 156 valence electrons. The van der Waals surface area contributed by atoms with E-state index in [9.17, 15) is 9.59 Å². The maximum absolute atomic E-state index is 13.1. The second kappa shape index (κ2) is 10.8. The molecule has 1 atom stereocenters. The smallest absolute Gasteiger partial charge is 0.252 e. The molecule has 0 radical (unpaired) electrons. The zero-order valence-corrected chi connectivity index (χ0v) is 17.5. The van der Waals surface area contributed by atoms with Crippen molar-refractivity contribution in [3.05, 3.63) is 59.2 Å². The summed E-state index contributed by atoms with van der Waals surface area (Å²) in [4.78, 5) is 25.9. The summed E-state index contributed by atoms with van der Waals surface area (Å²) < 4.78 is 11.2. The summed E-state index contributed by atoms with van der Waals surface area (Å²) in [6.45, 7) is 6.38. The fraction of sp³-hybridized carbons (Fsp3) is 0.364. The Balaban J connectivity index is 0.00000300. The Hall–Kier alpha value is -2.57. The minimum absolute atomic E-state index is 0. The van der Waals surface area contributed by atoms with Gasteiger partial charge < -0.3 is 20.1 Å². The topological polar surface area (TPSA) is 76.7 Å². The number of ketones is 1. The summed E-state index contributed by atoms with van der Waals surface area (Å²) >= 11 is 0. The highest BCUT2D eigenvalue weighted by molar-refractivity contribution is 6.15. The van der Waals surface area contributed by atoms with Gasteiger partial charge in [-0.1, -0.05) is 18.2 Å². The van der Waals surface area contributed by atoms with Crippen LogP contribution < -0.4 is 20.1 Å². The lowest BCUT2D eigenvalue weighted by Gasteiger charge is -2.15. The third-order valence-corrected chi connectivity index (χ3v) is 4.62. The maximum Gasteiger partial charge on any atom is 0.252 e. The lowest BCUT2D eigenvalue weighted by molar-refractivity contribution is 0.0929. The quantitative estimate of drug-likeness (QED) is 0.643. The number of hydrogen-bond acceptors (Lipinski definition) is 5. The number of carbonyl (C=O) groups excluding carboxylic acids is 2. The number of nitrogens with one attached hydrogen (secondary N) is 2. The van der Waals surface area contributed by atoms with Gasteiger partial charge in [-0.25, -0.2) is 0 Å². The summed E-state index contributed by atoms with van der Waals surface area (Å²) in [6, 6.07) is 12.1. The number of carbonyl (C=O) groups is 2. The number of benzene rings is 2. The SMILES string of the molecule is CCOc1ccc(C(=O)c2ccccc2C(=O)NC2CCNC2)cc1OCC.Cl. The van der Waals surface area contributed by atoms with E-state index in [-0.39, 0.29) is 30.1 Å². The highest BCUT2D eigenvalue weighted by Gasteiger charge is 2.22. The van der Waals surface area contributed by atoms with Gasteiger partial charge in [0.05, 0.1) is 18.8 Å². The van der Waals surface area contributed by atoms with Crippen molar-refractivity contribution in [1.29, 1.82) is 0 Å². The van der Waals surface area contributed by atoms with Crippen molar-refractivity contribution in [2.75, 3.05) is 26.3 Å². The maximum atomic E-state index is 13.1. The molecule has 6 nitrogen and oxygen atoms in total. The molecule has 1 fully saturated rings. The van der Waals surface area contributed by atoms with Crippen LogP contribution in [-0.2, 0) is 0 Å². The van der Waals surface area contributed by atoms with E-state index in [1.165, 1.54) is 0 Å². The van der Waals surface area contributed by atoms with Gasteiger partial charge in [0, 0.05) is 23.7 Å². The molecule has 0 saturated carbocycles. The van der Waals surface area contributed by atoms with Gasteiger partial charge in [0.15, 0.2) is 17.3 Å². The molecule has 3 rings (SSSR count). The lowest BCUT2D eigenvalue weighted by atomic mass is 9.97. The van der Waals surface area contributed by atoms with E-state index in [1.54, 1.807) is 42.5 Å². The van der Waals surface area contributed by atoms with Gasteiger partial charge >= 0.3 is 0 Å². The average molecular weight is 419 g/mol. The van der Waals surface area contributed by atoms with Crippen LogP contribution in [0.25, 0.3) is 0 Å². The first-order valence-electron chi connectivity index (χ1n) is 9.69. The van der Waals surface area contributed by atoms with Crippen LogP contribution in [0.2, 0.25) is 0 Å². The van der Waals surface area contributed by atoms with Crippen LogP contribution in [0.3, 0.4) is 0 Å². The van der Waals surface area contributed by atoms with Crippen molar-refractivity contribution < 1.29 is 19.1 Å². The molecule has 0 spiro atoms. The second-order valence-corrected chi connectivity index (χ2v) is 6.57. The van der Waals surface area contributed by atoms with E-state index in [2.05, 4.69) is 10.6 Å². The highest BCUT2D eigenvalue weighted by Crippen LogP contribution is 2.30. The van der Waals surface area contributed by atoms with Gasteiger partial charge in [0.25, 0.3) is 5.91 Å². The minimum atomic E-state index is -0.228. The minimum Gasteiger partial charge on any atom is -0.490 e. The second-order valence-electron chi connectivity index (χ2n) is 6.57. The third kappa shape index (κ3) is 5.49. The molecular weight excluding hydrogens is 392 g/mol. The Bertz CT molecular complexity index is 850. The van der Waals surface area contributed by atoms with Gasteiger partial charge in [0.1, 0.15) is 0 Å². The summed E-state index contributed by atoms with van der Waals surface area (Å²) in [5, 5.41) is 6.22. The number of hydrogen-bond donors (Lipinski definition) is 2. The summed E-state index contributed by atoms with van der Waals surface area (Å²) in [5.74, 6) is 0.669. The van der Waals surface area contributed by atoms with Crippen molar-refractivity contribution in [2.45, 2.75) is 26.3 Å². The molecular formula is C22H27ClN2O4. The molecule has 0 aliphatic carbocycles. The molecule has 1 heterocycles. The molecule has 1 aliphatic rings. The number of ether oxygens (including phenoxy) is 2. The molecule has 1 saturated heterocycles. The van der Waals surface area contributed by atoms with Crippen LogP contribution in [0, 0.1) is 0 Å². The van der Waals surface area contributed by atoms with Crippen molar-refractivity contribution in [2.24, 2.45) is 0 Å². The van der Waals surface area contributed by atoms with Gasteiger partial charge in [-0.15, -0.1) is 12.4 Å². The first kappa shape index (κ1) is 22.7. The summed E-state index contributed by atoms with van der Waals surface area (Å²) in [5.41, 5.74) is 1.21. The van der Waals surface area contributed by atoms with E-state index in [4.69, 9.17) is 9.47 Å². The van der Waals surface area contributed by atoms with Gasteiger partial charge in [0.2, 0.25) is 0 Å². The van der Waals surface area contributed by atoms with Crippen LogP contribution >= 0.6 is 12.4 Å². The van der Waals surface area contributed by atoms with E-state index in [0.717, 1.165) is 19.5 Å². The average Bonchev–Trinajstić information content (AvgIpc) is 3.22. The number of halogens is 1. The predicted molar refractivity (Wildman–Crippen MR) is 115 cm³/mol. The molecule has 7 heteroatoms. The lowest BCUT2D eigenvalue weighted by Crippen LogP contribution is -2.36. The standard InChI is InChI=1S/C22H26N2O4.ClH/c1-3-27-19-10-9-15(13-20(19)28-4-2)21(25)17-7-5-6-8-18(17)22(26)24-16-11-12-23-14-16;/h5-10,13,16,23H,3-4,11-12,14H2,1-2H3,(H,24,26);1H. The Morgan fingerprint density at radius 3 is 2.38 bits per heavy atom. The molecule has 29 heavy (non-hydrogen) atoms. The van der Waals surface area contributed by atoms with Gasteiger partial charge in [-0.2, -0.15) is 0 Å². The van der Waals surface area contributed by atoms with Crippen molar-refractivity contribution in [3.8, 4) is 11.5 Å². The Labute approximate surface area is 177 Å². The molecule has 0 aromatic heterocycles. The number of amides is 1. The largest absolute Gasteiger partial charge is 0.490 e. The molecule has 0 bridgehead atoms. The Kier molecular flexibility index (Phi) is 8.49. The molecule has 1 unspecified atom stereocenters. The monoisotopic (exact) mass is 418 g/mol. The first-order valence-corrected chi connectivity index (χ1v) is 9.69. The molecule has 1 aliphatic heterocycles. The zero-order chi connectivity index (χ0) is 19.9. The molecule has 2 aromatic carbocycles. The van der Waals surface area contributed by atoms with E-state index >= 15 is 0 Å². The van der Waals surface area contributed by atoms with Gasteiger partial charge in [-0.3, -0.25) is 9.59 Å².